The van der Waals surface area contributed by atoms with Crippen LogP contribution in [-0.2, 0) is 10.0 Å². The first kappa shape index (κ1) is 13.1. The molecule has 90 valence electrons. The van der Waals surface area contributed by atoms with Crippen molar-refractivity contribution in [2.45, 2.75) is 18.7 Å². The Balaban J connectivity index is 3.14. The summed E-state index contributed by atoms with van der Waals surface area (Å²) in [4.78, 5) is 0.0670. The van der Waals surface area contributed by atoms with Gasteiger partial charge in [0.2, 0.25) is 10.0 Å². The summed E-state index contributed by atoms with van der Waals surface area (Å²) in [6.45, 7) is 3.45. The monoisotopic (exact) mass is 246 g/mol. The van der Waals surface area contributed by atoms with Crippen molar-refractivity contribution >= 4 is 10.0 Å². The molecule has 0 saturated carbocycles. The molecule has 0 amide bonds. The first-order chi connectivity index (χ1) is 7.38. The molecule has 0 aliphatic carbocycles. The lowest BCUT2D eigenvalue weighted by molar-refractivity contribution is 0.579. The maximum absolute atomic E-state index is 13.3. The molecule has 1 aromatic carbocycles. The molecule has 0 aliphatic rings. The van der Waals surface area contributed by atoms with Crippen molar-refractivity contribution in [3.63, 3.8) is 0 Å². The van der Waals surface area contributed by atoms with E-state index < -0.39 is 10.0 Å². The number of hydrogen-bond acceptors (Lipinski definition) is 3. The van der Waals surface area contributed by atoms with E-state index in [2.05, 4.69) is 4.72 Å². The Morgan fingerprint density at radius 2 is 1.81 bits per heavy atom. The SMILES string of the molecule is Cc1cc(S(=O)(=O)NCCN)cc(C)c1F. The molecule has 6 heteroatoms. The fourth-order valence-corrected chi connectivity index (χ4v) is 2.56. The normalized spacial score (nSPS) is 11.8. The van der Waals surface area contributed by atoms with Gasteiger partial charge in [-0.2, -0.15) is 0 Å². The zero-order valence-corrected chi connectivity index (χ0v) is 10.1. The third-order valence-electron chi connectivity index (χ3n) is 2.16. The molecule has 16 heavy (non-hydrogen) atoms. The highest BCUT2D eigenvalue weighted by Gasteiger charge is 2.15. The highest BCUT2D eigenvalue weighted by Crippen LogP contribution is 2.18. The highest BCUT2D eigenvalue weighted by atomic mass is 32.2. The Hall–Kier alpha value is -0.980. The summed E-state index contributed by atoms with van der Waals surface area (Å²) >= 11 is 0. The Labute approximate surface area is 94.7 Å². The predicted molar refractivity (Wildman–Crippen MR) is 60.1 cm³/mol. The zero-order chi connectivity index (χ0) is 12.3. The second-order valence-corrected chi connectivity index (χ2v) is 5.32. The van der Waals surface area contributed by atoms with Crippen LogP contribution in [-0.4, -0.2) is 21.5 Å². The van der Waals surface area contributed by atoms with E-state index in [1.165, 1.54) is 26.0 Å². The first-order valence-corrected chi connectivity index (χ1v) is 6.33. The van der Waals surface area contributed by atoms with Gasteiger partial charge in [0.15, 0.2) is 0 Å². The van der Waals surface area contributed by atoms with Gasteiger partial charge in [-0.25, -0.2) is 17.5 Å². The number of sulfonamides is 1. The van der Waals surface area contributed by atoms with Crippen LogP contribution in [0.4, 0.5) is 4.39 Å². The molecule has 4 nitrogen and oxygen atoms in total. The molecule has 0 atom stereocenters. The van der Waals surface area contributed by atoms with Crippen molar-refractivity contribution in [2.24, 2.45) is 5.73 Å². The second-order valence-electron chi connectivity index (χ2n) is 3.56. The third-order valence-corrected chi connectivity index (χ3v) is 3.60. The van der Waals surface area contributed by atoms with Gasteiger partial charge in [0, 0.05) is 13.1 Å². The molecule has 0 unspecified atom stereocenters. The van der Waals surface area contributed by atoms with Gasteiger partial charge in [0.1, 0.15) is 5.82 Å². The molecule has 0 fully saturated rings. The lowest BCUT2D eigenvalue weighted by Gasteiger charge is -2.08. The van der Waals surface area contributed by atoms with Crippen molar-refractivity contribution in [2.75, 3.05) is 13.1 Å². The van der Waals surface area contributed by atoms with Gasteiger partial charge in [-0.05, 0) is 37.1 Å². The third kappa shape index (κ3) is 2.78. The van der Waals surface area contributed by atoms with Crippen LogP contribution in [0.2, 0.25) is 0 Å². The molecule has 0 aromatic heterocycles. The minimum absolute atomic E-state index is 0.0670. The number of aryl methyl sites for hydroxylation is 2. The van der Waals surface area contributed by atoms with Crippen LogP contribution in [0.15, 0.2) is 17.0 Å². The molecule has 3 N–H and O–H groups in total. The van der Waals surface area contributed by atoms with Crippen LogP contribution in [0, 0.1) is 19.7 Å². The van der Waals surface area contributed by atoms with E-state index in [-0.39, 0.29) is 23.8 Å². The van der Waals surface area contributed by atoms with Crippen molar-refractivity contribution in [3.8, 4) is 0 Å². The Kier molecular flexibility index (Phi) is 4.01. The number of nitrogens with one attached hydrogen (secondary N) is 1. The van der Waals surface area contributed by atoms with Gasteiger partial charge in [0.25, 0.3) is 0 Å². The van der Waals surface area contributed by atoms with E-state index in [9.17, 15) is 12.8 Å². The van der Waals surface area contributed by atoms with Crippen LogP contribution in [0.25, 0.3) is 0 Å². The lowest BCUT2D eigenvalue weighted by atomic mass is 10.1. The van der Waals surface area contributed by atoms with Crippen molar-refractivity contribution in [1.29, 1.82) is 0 Å². The Bertz CT molecular complexity index is 463. The molecule has 0 aliphatic heterocycles. The maximum Gasteiger partial charge on any atom is 0.240 e. The predicted octanol–water partition coefficient (Wildman–Crippen LogP) is 0.680. The van der Waals surface area contributed by atoms with Crippen molar-refractivity contribution < 1.29 is 12.8 Å². The van der Waals surface area contributed by atoms with Gasteiger partial charge < -0.3 is 5.73 Å². The molecular formula is C10H15FN2O2S. The summed E-state index contributed by atoms with van der Waals surface area (Å²) in [5.74, 6) is -0.377. The fraction of sp³-hybridized carbons (Fsp3) is 0.400. The van der Waals surface area contributed by atoms with Crippen LogP contribution in [0.1, 0.15) is 11.1 Å². The van der Waals surface area contributed by atoms with E-state index >= 15 is 0 Å². The van der Waals surface area contributed by atoms with E-state index in [0.29, 0.717) is 11.1 Å². The molecule has 0 radical (unpaired) electrons. The van der Waals surface area contributed by atoms with Gasteiger partial charge in [0.05, 0.1) is 4.90 Å². The maximum atomic E-state index is 13.3. The molecule has 0 heterocycles. The topological polar surface area (TPSA) is 72.2 Å². The number of rotatable bonds is 4. The second kappa shape index (κ2) is 4.90. The Morgan fingerprint density at radius 3 is 2.25 bits per heavy atom. The summed E-state index contributed by atoms with van der Waals surface area (Å²) < 4.78 is 39.1. The quantitative estimate of drug-likeness (QED) is 0.820. The van der Waals surface area contributed by atoms with Gasteiger partial charge in [-0.1, -0.05) is 0 Å². The van der Waals surface area contributed by atoms with Crippen LogP contribution >= 0.6 is 0 Å². The van der Waals surface area contributed by atoms with Crippen molar-refractivity contribution in [3.05, 3.63) is 29.1 Å². The number of benzene rings is 1. The van der Waals surface area contributed by atoms with E-state index in [4.69, 9.17) is 5.73 Å². The summed E-state index contributed by atoms with van der Waals surface area (Å²) in [5.41, 5.74) is 5.84. The number of halogens is 1. The summed E-state index contributed by atoms with van der Waals surface area (Å²) in [7, 11) is -3.58. The lowest BCUT2D eigenvalue weighted by Crippen LogP contribution is -2.29. The van der Waals surface area contributed by atoms with Gasteiger partial charge in [-0.15, -0.1) is 0 Å². The van der Waals surface area contributed by atoms with Gasteiger partial charge >= 0.3 is 0 Å². The summed E-state index contributed by atoms with van der Waals surface area (Å²) in [5, 5.41) is 0. The van der Waals surface area contributed by atoms with Crippen LogP contribution in [0.5, 0.6) is 0 Å². The van der Waals surface area contributed by atoms with Gasteiger partial charge in [-0.3, -0.25) is 0 Å². The molecule has 0 spiro atoms. The first-order valence-electron chi connectivity index (χ1n) is 4.85. The average Bonchev–Trinajstić information content (AvgIpc) is 2.22. The van der Waals surface area contributed by atoms with E-state index in [1.807, 2.05) is 0 Å². The minimum Gasteiger partial charge on any atom is -0.329 e. The molecule has 0 bridgehead atoms. The number of hydrogen-bond donors (Lipinski definition) is 2. The van der Waals surface area contributed by atoms with Crippen molar-refractivity contribution in [1.82, 2.24) is 4.72 Å². The molecule has 1 aromatic rings. The molecule has 1 rings (SSSR count). The largest absolute Gasteiger partial charge is 0.329 e. The molecular weight excluding hydrogens is 231 g/mol. The number of nitrogens with two attached hydrogens (primary N) is 1. The smallest absolute Gasteiger partial charge is 0.240 e. The van der Waals surface area contributed by atoms with E-state index in [0.717, 1.165) is 0 Å². The summed E-state index contributed by atoms with van der Waals surface area (Å²) in [6, 6.07) is 2.61. The average molecular weight is 246 g/mol. The van der Waals surface area contributed by atoms with E-state index in [1.54, 1.807) is 0 Å². The highest BCUT2D eigenvalue weighted by molar-refractivity contribution is 7.89. The van der Waals surface area contributed by atoms with Crippen LogP contribution < -0.4 is 10.5 Å². The summed E-state index contributed by atoms with van der Waals surface area (Å²) in [6.07, 6.45) is 0. The van der Waals surface area contributed by atoms with Crippen LogP contribution in [0.3, 0.4) is 0 Å². The zero-order valence-electron chi connectivity index (χ0n) is 9.25. The molecule has 0 saturated heterocycles. The standard InChI is InChI=1S/C10H15FN2O2S/c1-7-5-9(6-8(2)10(7)11)16(14,15)13-4-3-12/h5-6,13H,3-4,12H2,1-2H3. The minimum atomic E-state index is -3.58. The Morgan fingerprint density at radius 1 is 1.31 bits per heavy atom. The fourth-order valence-electron chi connectivity index (χ4n) is 1.34.